The van der Waals surface area contributed by atoms with Crippen molar-refractivity contribution in [1.82, 2.24) is 4.90 Å². The van der Waals surface area contributed by atoms with Crippen LogP contribution in [0.1, 0.15) is 20.8 Å². The van der Waals surface area contributed by atoms with E-state index in [1.54, 1.807) is 38.1 Å². The van der Waals surface area contributed by atoms with Crippen molar-refractivity contribution in [1.29, 1.82) is 0 Å². The predicted molar refractivity (Wildman–Crippen MR) is 77.9 cm³/mol. The third-order valence-electron chi connectivity index (χ3n) is 2.62. The van der Waals surface area contributed by atoms with Gasteiger partial charge in [-0.05, 0) is 44.7 Å². The van der Waals surface area contributed by atoms with E-state index in [0.29, 0.717) is 18.8 Å². The number of likely N-dealkylation sites (N-methyl/N-ethyl adjacent to an activating group) is 1. The lowest BCUT2D eigenvalue weighted by Crippen LogP contribution is -2.42. The molecule has 0 bridgehead atoms. The molecule has 0 unspecified atom stereocenters. The molecular weight excluding hydrogens is 242 g/mol. The number of hydrogen-bond acceptors (Lipinski definition) is 4. The van der Waals surface area contributed by atoms with E-state index in [1.165, 1.54) is 0 Å². The molecule has 0 aliphatic rings. The number of anilines is 2. The van der Waals surface area contributed by atoms with Crippen LogP contribution in [0.15, 0.2) is 24.3 Å². The van der Waals surface area contributed by atoms with Crippen molar-refractivity contribution in [3.8, 4) is 0 Å². The van der Waals surface area contributed by atoms with Gasteiger partial charge in [0.2, 0.25) is 5.91 Å². The van der Waals surface area contributed by atoms with E-state index in [1.807, 2.05) is 11.8 Å². The summed E-state index contributed by atoms with van der Waals surface area (Å²) in [5.41, 5.74) is 6.16. The van der Waals surface area contributed by atoms with Crippen LogP contribution >= 0.6 is 0 Å². The molecule has 4 N–H and O–H groups in total. The lowest BCUT2D eigenvalue weighted by molar-refractivity contribution is -0.117. The summed E-state index contributed by atoms with van der Waals surface area (Å²) >= 11 is 0. The number of carbonyl (C=O) groups is 1. The molecule has 1 rings (SSSR count). The van der Waals surface area contributed by atoms with E-state index in [-0.39, 0.29) is 12.5 Å². The minimum atomic E-state index is -0.808. The molecule has 0 aliphatic carbocycles. The van der Waals surface area contributed by atoms with Gasteiger partial charge < -0.3 is 16.2 Å². The number of aliphatic hydroxyl groups is 1. The van der Waals surface area contributed by atoms with Gasteiger partial charge in [0.15, 0.2) is 0 Å². The van der Waals surface area contributed by atoms with Gasteiger partial charge in [0.25, 0.3) is 0 Å². The first kappa shape index (κ1) is 15.5. The van der Waals surface area contributed by atoms with Gasteiger partial charge in [-0.15, -0.1) is 0 Å². The maximum atomic E-state index is 11.9. The van der Waals surface area contributed by atoms with Crippen molar-refractivity contribution < 1.29 is 9.90 Å². The third-order valence-corrected chi connectivity index (χ3v) is 2.62. The summed E-state index contributed by atoms with van der Waals surface area (Å²) < 4.78 is 0. The zero-order chi connectivity index (χ0) is 14.5. The Morgan fingerprint density at radius 1 is 1.37 bits per heavy atom. The van der Waals surface area contributed by atoms with Gasteiger partial charge in [-0.25, -0.2) is 0 Å². The maximum Gasteiger partial charge on any atom is 0.238 e. The zero-order valence-corrected chi connectivity index (χ0v) is 11.8. The highest BCUT2D eigenvalue weighted by Crippen LogP contribution is 2.11. The first-order valence-electron chi connectivity index (χ1n) is 6.40. The highest BCUT2D eigenvalue weighted by Gasteiger charge is 2.19. The second-order valence-electron chi connectivity index (χ2n) is 5.29. The van der Waals surface area contributed by atoms with E-state index in [0.717, 1.165) is 5.69 Å². The monoisotopic (exact) mass is 265 g/mol. The molecule has 19 heavy (non-hydrogen) atoms. The van der Waals surface area contributed by atoms with E-state index >= 15 is 0 Å². The zero-order valence-electron chi connectivity index (χ0n) is 11.8. The predicted octanol–water partition coefficient (Wildman–Crippen LogP) is 1.30. The van der Waals surface area contributed by atoms with Crippen LogP contribution < -0.4 is 11.1 Å². The highest BCUT2D eigenvalue weighted by molar-refractivity contribution is 5.92. The van der Waals surface area contributed by atoms with Crippen molar-refractivity contribution in [2.24, 2.45) is 0 Å². The van der Waals surface area contributed by atoms with Gasteiger partial charge in [0, 0.05) is 17.9 Å². The standard InChI is InChI=1S/C14H23N3O2/c1-4-17(10-14(2,3)19)9-13(18)16-12-7-5-11(15)6-8-12/h5-8,19H,4,9-10,15H2,1-3H3,(H,16,18). The second kappa shape index (κ2) is 6.54. The Morgan fingerprint density at radius 2 is 1.95 bits per heavy atom. The van der Waals surface area contributed by atoms with Gasteiger partial charge in [-0.2, -0.15) is 0 Å². The van der Waals surface area contributed by atoms with E-state index in [2.05, 4.69) is 5.32 Å². The Labute approximate surface area is 114 Å². The largest absolute Gasteiger partial charge is 0.399 e. The molecule has 0 spiro atoms. The van der Waals surface area contributed by atoms with Crippen LogP contribution in [0.5, 0.6) is 0 Å². The number of hydrogen-bond donors (Lipinski definition) is 3. The Balaban J connectivity index is 2.51. The number of rotatable bonds is 6. The van der Waals surface area contributed by atoms with Gasteiger partial charge in [-0.1, -0.05) is 6.92 Å². The summed E-state index contributed by atoms with van der Waals surface area (Å²) in [6.45, 7) is 6.84. The first-order chi connectivity index (χ1) is 8.80. The van der Waals surface area contributed by atoms with Gasteiger partial charge in [0.05, 0.1) is 12.1 Å². The van der Waals surface area contributed by atoms with E-state index < -0.39 is 5.60 Å². The normalized spacial score (nSPS) is 11.6. The van der Waals surface area contributed by atoms with Crippen molar-refractivity contribution in [2.75, 3.05) is 30.7 Å². The number of carbonyl (C=O) groups excluding carboxylic acids is 1. The third kappa shape index (κ3) is 6.22. The summed E-state index contributed by atoms with van der Waals surface area (Å²) in [6.07, 6.45) is 0. The fourth-order valence-corrected chi connectivity index (χ4v) is 1.80. The summed E-state index contributed by atoms with van der Waals surface area (Å²) in [5, 5.41) is 12.6. The van der Waals surface area contributed by atoms with Crippen molar-refractivity contribution in [3.05, 3.63) is 24.3 Å². The highest BCUT2D eigenvalue weighted by atomic mass is 16.3. The molecule has 1 amide bonds. The van der Waals surface area contributed by atoms with E-state index in [4.69, 9.17) is 5.73 Å². The average molecular weight is 265 g/mol. The summed E-state index contributed by atoms with van der Waals surface area (Å²) in [7, 11) is 0. The number of benzene rings is 1. The van der Waals surface area contributed by atoms with Crippen LogP contribution in [0, 0.1) is 0 Å². The van der Waals surface area contributed by atoms with Crippen LogP contribution in [0.4, 0.5) is 11.4 Å². The Kier molecular flexibility index (Phi) is 5.32. The Morgan fingerprint density at radius 3 is 2.42 bits per heavy atom. The molecule has 106 valence electrons. The number of nitrogens with one attached hydrogen (secondary N) is 1. The molecule has 5 heteroatoms. The smallest absolute Gasteiger partial charge is 0.238 e. The molecule has 0 heterocycles. The minimum absolute atomic E-state index is 0.101. The van der Waals surface area contributed by atoms with E-state index in [9.17, 15) is 9.90 Å². The Hall–Kier alpha value is -1.59. The molecule has 0 radical (unpaired) electrons. The first-order valence-corrected chi connectivity index (χ1v) is 6.40. The molecule has 5 nitrogen and oxygen atoms in total. The molecule has 0 saturated heterocycles. The molecule has 0 aromatic heterocycles. The number of nitrogens with zero attached hydrogens (tertiary/aromatic N) is 1. The topological polar surface area (TPSA) is 78.6 Å². The van der Waals surface area contributed by atoms with Crippen molar-refractivity contribution in [2.45, 2.75) is 26.4 Å². The van der Waals surface area contributed by atoms with Gasteiger partial charge in [0.1, 0.15) is 0 Å². The molecular formula is C14H23N3O2. The fraction of sp³-hybridized carbons (Fsp3) is 0.500. The minimum Gasteiger partial charge on any atom is -0.399 e. The van der Waals surface area contributed by atoms with Gasteiger partial charge in [-0.3, -0.25) is 9.69 Å². The average Bonchev–Trinajstić information content (AvgIpc) is 2.29. The van der Waals surface area contributed by atoms with Crippen LogP contribution in [-0.2, 0) is 4.79 Å². The molecule has 0 atom stereocenters. The lowest BCUT2D eigenvalue weighted by atomic mass is 10.1. The van der Waals surface area contributed by atoms with Gasteiger partial charge >= 0.3 is 0 Å². The molecule has 0 aliphatic heterocycles. The number of amides is 1. The lowest BCUT2D eigenvalue weighted by Gasteiger charge is -2.27. The maximum absolute atomic E-state index is 11.9. The fourth-order valence-electron chi connectivity index (χ4n) is 1.80. The number of nitrogens with two attached hydrogens (primary N) is 1. The number of nitrogen functional groups attached to an aromatic ring is 1. The summed E-state index contributed by atoms with van der Waals surface area (Å²) in [5.74, 6) is -0.101. The molecule has 0 saturated carbocycles. The molecule has 1 aromatic rings. The SMILES string of the molecule is CCN(CC(=O)Nc1ccc(N)cc1)CC(C)(C)O. The molecule has 0 fully saturated rings. The molecule has 1 aromatic carbocycles. The van der Waals surface area contributed by atoms with Crippen LogP contribution in [0.2, 0.25) is 0 Å². The van der Waals surface area contributed by atoms with Crippen LogP contribution in [0.3, 0.4) is 0 Å². The quantitative estimate of drug-likeness (QED) is 0.677. The second-order valence-corrected chi connectivity index (χ2v) is 5.29. The summed E-state index contributed by atoms with van der Waals surface area (Å²) in [6, 6.07) is 7.01. The van der Waals surface area contributed by atoms with Crippen molar-refractivity contribution in [3.63, 3.8) is 0 Å². The summed E-state index contributed by atoms with van der Waals surface area (Å²) in [4.78, 5) is 13.8. The Bertz CT molecular complexity index is 410. The van der Waals surface area contributed by atoms with Crippen LogP contribution in [-0.4, -0.2) is 41.1 Å². The van der Waals surface area contributed by atoms with Crippen molar-refractivity contribution >= 4 is 17.3 Å². The van der Waals surface area contributed by atoms with Crippen LogP contribution in [0.25, 0.3) is 0 Å².